The van der Waals surface area contributed by atoms with Gasteiger partial charge in [0.2, 0.25) is 5.95 Å². The molecule has 1 aromatic carbocycles. The number of nitrogens with zero attached hydrogens (tertiary/aromatic N) is 5. The highest BCUT2D eigenvalue weighted by Gasteiger charge is 2.25. The summed E-state index contributed by atoms with van der Waals surface area (Å²) >= 11 is 0. The number of pyridine rings is 1. The lowest BCUT2D eigenvalue weighted by Gasteiger charge is -2.20. The molecule has 3 N–H and O–H groups in total. The standard InChI is InChI=1S/C22H23F2N7/c1-22(2,3)31-19(25)17-18(15-8-7-13(23)12-16(15)24)28-21(29-20(17)30-31)27-11-9-14-6-4-5-10-26-14/h4-8,10,12H,9,11,25H2,1-3H3,(H,27,29,30). The Hall–Kier alpha value is -3.62. The van der Waals surface area contributed by atoms with Crippen LogP contribution in [-0.2, 0) is 12.0 Å². The first kappa shape index (κ1) is 20.6. The van der Waals surface area contributed by atoms with Crippen LogP contribution in [0.5, 0.6) is 0 Å². The molecule has 0 aliphatic carbocycles. The maximum Gasteiger partial charge on any atom is 0.225 e. The second-order valence-electron chi connectivity index (χ2n) is 8.18. The zero-order valence-electron chi connectivity index (χ0n) is 17.5. The molecule has 3 aromatic heterocycles. The summed E-state index contributed by atoms with van der Waals surface area (Å²) in [6.07, 6.45) is 2.39. The lowest BCUT2D eigenvalue weighted by Crippen LogP contribution is -2.24. The van der Waals surface area contributed by atoms with Crippen molar-refractivity contribution in [1.29, 1.82) is 0 Å². The average molecular weight is 423 g/mol. The lowest BCUT2D eigenvalue weighted by atomic mass is 10.1. The van der Waals surface area contributed by atoms with Crippen molar-refractivity contribution in [3.63, 3.8) is 0 Å². The quantitative estimate of drug-likeness (QED) is 0.501. The Labute approximate surface area is 178 Å². The fourth-order valence-corrected chi connectivity index (χ4v) is 3.33. The molecule has 4 aromatic rings. The first-order valence-electron chi connectivity index (χ1n) is 9.90. The van der Waals surface area contributed by atoms with Crippen LogP contribution in [0.4, 0.5) is 20.5 Å². The van der Waals surface area contributed by atoms with E-state index in [4.69, 9.17) is 5.73 Å². The molecule has 0 unspecified atom stereocenters. The molecule has 4 rings (SSSR count). The van der Waals surface area contributed by atoms with Gasteiger partial charge in [-0.1, -0.05) is 6.07 Å². The summed E-state index contributed by atoms with van der Waals surface area (Å²) < 4.78 is 29.8. The van der Waals surface area contributed by atoms with Gasteiger partial charge in [0.05, 0.1) is 16.6 Å². The van der Waals surface area contributed by atoms with Crippen LogP contribution in [0.15, 0.2) is 42.6 Å². The third-order valence-corrected chi connectivity index (χ3v) is 4.78. The van der Waals surface area contributed by atoms with Crippen LogP contribution in [0.3, 0.4) is 0 Å². The number of halogens is 2. The number of nitrogens with one attached hydrogen (secondary N) is 1. The van der Waals surface area contributed by atoms with Crippen molar-refractivity contribution in [2.45, 2.75) is 32.7 Å². The van der Waals surface area contributed by atoms with Crippen molar-refractivity contribution in [2.24, 2.45) is 0 Å². The molecule has 160 valence electrons. The fourth-order valence-electron chi connectivity index (χ4n) is 3.33. The van der Waals surface area contributed by atoms with E-state index in [1.165, 1.54) is 12.1 Å². The summed E-state index contributed by atoms with van der Waals surface area (Å²) in [5.41, 5.74) is 7.58. The number of nitrogen functional groups attached to an aromatic ring is 1. The van der Waals surface area contributed by atoms with E-state index in [2.05, 4.69) is 25.4 Å². The van der Waals surface area contributed by atoms with Gasteiger partial charge in [0, 0.05) is 36.5 Å². The number of aromatic nitrogens is 5. The Morgan fingerprint density at radius 3 is 2.58 bits per heavy atom. The molecule has 0 radical (unpaired) electrons. The van der Waals surface area contributed by atoms with E-state index in [9.17, 15) is 8.78 Å². The van der Waals surface area contributed by atoms with E-state index in [1.54, 1.807) is 10.9 Å². The van der Waals surface area contributed by atoms with Gasteiger partial charge >= 0.3 is 0 Å². The van der Waals surface area contributed by atoms with E-state index < -0.39 is 17.2 Å². The minimum absolute atomic E-state index is 0.127. The molecule has 0 spiro atoms. The lowest BCUT2D eigenvalue weighted by molar-refractivity contribution is 0.364. The van der Waals surface area contributed by atoms with Crippen LogP contribution in [-0.4, -0.2) is 31.3 Å². The molecule has 3 heterocycles. The number of hydrogen-bond acceptors (Lipinski definition) is 6. The molecular formula is C22H23F2N7. The highest BCUT2D eigenvalue weighted by Crippen LogP contribution is 2.35. The molecule has 7 nitrogen and oxygen atoms in total. The highest BCUT2D eigenvalue weighted by atomic mass is 19.1. The van der Waals surface area contributed by atoms with Crippen molar-refractivity contribution in [2.75, 3.05) is 17.6 Å². The summed E-state index contributed by atoms with van der Waals surface area (Å²) in [6.45, 7) is 6.37. The molecular weight excluding hydrogens is 400 g/mol. The largest absolute Gasteiger partial charge is 0.383 e. The third kappa shape index (κ3) is 4.16. The number of rotatable bonds is 5. The minimum Gasteiger partial charge on any atom is -0.383 e. The number of benzene rings is 1. The van der Waals surface area contributed by atoms with Gasteiger partial charge in [-0.25, -0.2) is 18.4 Å². The van der Waals surface area contributed by atoms with Gasteiger partial charge < -0.3 is 11.1 Å². The van der Waals surface area contributed by atoms with E-state index in [1.807, 2.05) is 39.0 Å². The summed E-state index contributed by atoms with van der Waals surface area (Å²) in [5, 5.41) is 8.11. The van der Waals surface area contributed by atoms with Gasteiger partial charge in [-0.15, -0.1) is 5.10 Å². The van der Waals surface area contributed by atoms with Gasteiger partial charge in [0.25, 0.3) is 0 Å². The average Bonchev–Trinajstić information content (AvgIpc) is 3.05. The Balaban J connectivity index is 1.79. The minimum atomic E-state index is -0.734. The zero-order chi connectivity index (χ0) is 22.2. The molecule has 0 aliphatic heterocycles. The van der Waals surface area contributed by atoms with Gasteiger partial charge in [-0.05, 0) is 45.0 Å². The van der Waals surface area contributed by atoms with Gasteiger partial charge in [0.15, 0.2) is 5.65 Å². The number of anilines is 2. The highest BCUT2D eigenvalue weighted by molar-refractivity contribution is 5.99. The van der Waals surface area contributed by atoms with E-state index in [0.29, 0.717) is 29.8 Å². The topological polar surface area (TPSA) is 94.5 Å². The molecule has 0 saturated heterocycles. The number of fused-ring (bicyclic) bond motifs is 1. The summed E-state index contributed by atoms with van der Waals surface area (Å²) in [7, 11) is 0. The van der Waals surface area contributed by atoms with Gasteiger partial charge in [0.1, 0.15) is 17.5 Å². The van der Waals surface area contributed by atoms with Crippen molar-refractivity contribution in [3.8, 4) is 11.3 Å². The van der Waals surface area contributed by atoms with Crippen LogP contribution in [0.2, 0.25) is 0 Å². The number of nitrogens with two attached hydrogens (primary N) is 1. The normalized spacial score (nSPS) is 11.8. The second kappa shape index (κ2) is 7.90. The van der Waals surface area contributed by atoms with Crippen LogP contribution in [0.1, 0.15) is 26.5 Å². The fraction of sp³-hybridized carbons (Fsp3) is 0.273. The third-order valence-electron chi connectivity index (χ3n) is 4.78. The first-order valence-corrected chi connectivity index (χ1v) is 9.90. The molecule has 0 fully saturated rings. The van der Waals surface area contributed by atoms with Crippen LogP contribution in [0.25, 0.3) is 22.3 Å². The van der Waals surface area contributed by atoms with E-state index >= 15 is 0 Å². The summed E-state index contributed by atoms with van der Waals surface area (Å²) in [6, 6.07) is 9.05. The molecule has 9 heteroatoms. The van der Waals surface area contributed by atoms with Crippen molar-refractivity contribution in [3.05, 3.63) is 59.9 Å². The van der Waals surface area contributed by atoms with Crippen molar-refractivity contribution >= 4 is 22.8 Å². The summed E-state index contributed by atoms with van der Waals surface area (Å²) in [5.74, 6) is -0.803. The Morgan fingerprint density at radius 1 is 1.10 bits per heavy atom. The Bertz CT molecular complexity index is 1230. The van der Waals surface area contributed by atoms with Gasteiger partial charge in [-0.2, -0.15) is 4.98 Å². The zero-order valence-corrected chi connectivity index (χ0v) is 17.5. The Morgan fingerprint density at radius 2 is 1.90 bits per heavy atom. The molecule has 0 aliphatic rings. The monoisotopic (exact) mass is 423 g/mol. The van der Waals surface area contributed by atoms with Crippen LogP contribution >= 0.6 is 0 Å². The second-order valence-corrected chi connectivity index (χ2v) is 8.18. The van der Waals surface area contributed by atoms with Crippen LogP contribution < -0.4 is 11.1 Å². The molecule has 31 heavy (non-hydrogen) atoms. The van der Waals surface area contributed by atoms with Crippen LogP contribution in [0, 0.1) is 11.6 Å². The predicted molar refractivity (Wildman–Crippen MR) is 117 cm³/mol. The van der Waals surface area contributed by atoms with E-state index in [0.717, 1.165) is 11.8 Å². The van der Waals surface area contributed by atoms with Gasteiger partial charge in [-0.3, -0.25) is 4.98 Å². The SMILES string of the molecule is CC(C)(C)n1nc2nc(NCCc3ccccn3)nc(-c3ccc(F)cc3F)c2c1N. The molecule has 0 bridgehead atoms. The molecule has 0 atom stereocenters. The smallest absolute Gasteiger partial charge is 0.225 e. The molecule has 0 saturated carbocycles. The molecule has 0 amide bonds. The Kier molecular flexibility index (Phi) is 5.26. The van der Waals surface area contributed by atoms with E-state index in [-0.39, 0.29) is 17.2 Å². The maximum absolute atomic E-state index is 14.6. The first-order chi connectivity index (χ1) is 14.7. The summed E-state index contributed by atoms with van der Waals surface area (Å²) in [4.78, 5) is 13.3. The predicted octanol–water partition coefficient (Wildman–Crippen LogP) is 4.16. The van der Waals surface area contributed by atoms with Crippen molar-refractivity contribution < 1.29 is 8.78 Å². The van der Waals surface area contributed by atoms with Crippen molar-refractivity contribution in [1.82, 2.24) is 24.7 Å². The number of hydrogen-bond donors (Lipinski definition) is 2. The maximum atomic E-state index is 14.6.